The van der Waals surface area contributed by atoms with E-state index < -0.39 is 0 Å². The zero-order valence-electron chi connectivity index (χ0n) is 12.0. The van der Waals surface area contributed by atoms with E-state index in [0.29, 0.717) is 24.4 Å². The molecule has 2 aromatic rings. The standard InChI is InChI=1S/C13H19N7S/c1-9-4-7-21-10(9)8-15-11-16-12(19-14)18-13(17-11)20-5-2-3-6-20/h4,7H,2-3,5-6,8,14H2,1H3,(H2,15,16,17,18,19). The van der Waals surface area contributed by atoms with Crippen LogP contribution < -0.4 is 21.5 Å². The minimum Gasteiger partial charge on any atom is -0.349 e. The highest BCUT2D eigenvalue weighted by Crippen LogP contribution is 2.20. The van der Waals surface area contributed by atoms with Crippen molar-refractivity contribution in [2.45, 2.75) is 26.3 Å². The number of nitrogens with one attached hydrogen (secondary N) is 2. The minimum atomic E-state index is 0.386. The second-order valence-electron chi connectivity index (χ2n) is 5.00. The summed E-state index contributed by atoms with van der Waals surface area (Å²) < 4.78 is 0. The van der Waals surface area contributed by atoms with Crippen molar-refractivity contribution in [3.63, 3.8) is 0 Å². The van der Waals surface area contributed by atoms with Crippen molar-refractivity contribution in [3.05, 3.63) is 21.9 Å². The quantitative estimate of drug-likeness (QED) is 0.572. The number of hydrogen-bond donors (Lipinski definition) is 3. The van der Waals surface area contributed by atoms with Gasteiger partial charge >= 0.3 is 0 Å². The Bertz CT molecular complexity index is 606. The SMILES string of the molecule is Cc1ccsc1CNc1nc(NN)nc(N2CCCC2)n1. The molecule has 1 aliphatic rings. The van der Waals surface area contributed by atoms with Crippen LogP contribution in [0.25, 0.3) is 0 Å². The van der Waals surface area contributed by atoms with Crippen molar-refractivity contribution >= 4 is 29.2 Å². The second kappa shape index (κ2) is 6.23. The Morgan fingerprint density at radius 3 is 2.67 bits per heavy atom. The highest BCUT2D eigenvalue weighted by atomic mass is 32.1. The first-order chi connectivity index (χ1) is 10.3. The zero-order valence-corrected chi connectivity index (χ0v) is 12.8. The third-order valence-electron chi connectivity index (χ3n) is 3.52. The molecule has 0 amide bonds. The lowest BCUT2D eigenvalue weighted by Gasteiger charge is -2.16. The predicted octanol–water partition coefficient (Wildman–Crippen LogP) is 1.74. The molecule has 8 heteroatoms. The molecule has 0 aliphatic carbocycles. The van der Waals surface area contributed by atoms with Crippen LogP contribution in [0.15, 0.2) is 11.4 Å². The number of aromatic nitrogens is 3. The summed E-state index contributed by atoms with van der Waals surface area (Å²) in [6.07, 6.45) is 2.35. The molecule has 0 radical (unpaired) electrons. The van der Waals surface area contributed by atoms with Gasteiger partial charge in [0.05, 0.1) is 6.54 Å². The lowest BCUT2D eigenvalue weighted by atomic mass is 10.3. The van der Waals surface area contributed by atoms with E-state index in [9.17, 15) is 0 Å². The molecule has 1 aliphatic heterocycles. The third-order valence-corrected chi connectivity index (χ3v) is 4.54. The Hall–Kier alpha value is -1.93. The second-order valence-corrected chi connectivity index (χ2v) is 6.00. The van der Waals surface area contributed by atoms with Crippen LogP contribution >= 0.6 is 11.3 Å². The van der Waals surface area contributed by atoms with Crippen molar-refractivity contribution in [1.82, 2.24) is 15.0 Å². The molecule has 112 valence electrons. The van der Waals surface area contributed by atoms with Crippen molar-refractivity contribution in [3.8, 4) is 0 Å². The van der Waals surface area contributed by atoms with E-state index >= 15 is 0 Å². The molecular formula is C13H19N7S. The zero-order chi connectivity index (χ0) is 14.7. The molecule has 1 fully saturated rings. The van der Waals surface area contributed by atoms with Gasteiger partial charge in [0.1, 0.15) is 0 Å². The lowest BCUT2D eigenvalue weighted by molar-refractivity contribution is 0.876. The van der Waals surface area contributed by atoms with E-state index in [1.165, 1.54) is 23.3 Å². The Labute approximate surface area is 127 Å². The van der Waals surface area contributed by atoms with Crippen LogP contribution in [0.2, 0.25) is 0 Å². The number of nitrogens with zero attached hydrogens (tertiary/aromatic N) is 4. The van der Waals surface area contributed by atoms with Crippen molar-refractivity contribution in [2.24, 2.45) is 5.84 Å². The Morgan fingerprint density at radius 2 is 2.00 bits per heavy atom. The van der Waals surface area contributed by atoms with Gasteiger partial charge in [-0.25, -0.2) is 5.84 Å². The first-order valence-electron chi connectivity index (χ1n) is 7.01. The van der Waals surface area contributed by atoms with Gasteiger partial charge in [-0.3, -0.25) is 5.43 Å². The minimum absolute atomic E-state index is 0.386. The van der Waals surface area contributed by atoms with E-state index in [1.54, 1.807) is 11.3 Å². The largest absolute Gasteiger partial charge is 0.349 e. The van der Waals surface area contributed by atoms with Gasteiger partial charge in [-0.15, -0.1) is 11.3 Å². The molecule has 7 nitrogen and oxygen atoms in total. The molecule has 2 aromatic heterocycles. The molecule has 0 unspecified atom stereocenters. The van der Waals surface area contributed by atoms with Crippen LogP contribution in [0.3, 0.4) is 0 Å². The summed E-state index contributed by atoms with van der Waals surface area (Å²) in [7, 11) is 0. The number of aryl methyl sites for hydroxylation is 1. The molecule has 0 saturated carbocycles. The van der Waals surface area contributed by atoms with Gasteiger partial charge in [0.25, 0.3) is 0 Å². The summed E-state index contributed by atoms with van der Waals surface area (Å²) in [6.45, 7) is 4.77. The number of hydrazine groups is 1. The molecule has 3 rings (SSSR count). The smallest absolute Gasteiger partial charge is 0.243 e. The average molecular weight is 305 g/mol. The monoisotopic (exact) mass is 305 g/mol. The predicted molar refractivity (Wildman–Crippen MR) is 85.5 cm³/mol. The Balaban J connectivity index is 1.77. The summed E-state index contributed by atoms with van der Waals surface area (Å²) in [5, 5.41) is 5.34. The van der Waals surface area contributed by atoms with Crippen molar-refractivity contribution in [2.75, 3.05) is 28.7 Å². The number of thiophene rings is 1. The van der Waals surface area contributed by atoms with Gasteiger partial charge in [0.2, 0.25) is 17.8 Å². The van der Waals surface area contributed by atoms with Gasteiger partial charge in [0, 0.05) is 18.0 Å². The number of nitrogens with two attached hydrogens (primary N) is 1. The fourth-order valence-electron chi connectivity index (χ4n) is 2.31. The maximum atomic E-state index is 5.45. The lowest BCUT2D eigenvalue weighted by Crippen LogP contribution is -2.23. The molecule has 0 spiro atoms. The maximum Gasteiger partial charge on any atom is 0.243 e. The number of nitrogen functional groups attached to an aromatic ring is 1. The molecule has 21 heavy (non-hydrogen) atoms. The van der Waals surface area contributed by atoms with Gasteiger partial charge < -0.3 is 10.2 Å². The first kappa shape index (κ1) is 14.0. The van der Waals surface area contributed by atoms with E-state index in [2.05, 4.69) is 49.0 Å². The topological polar surface area (TPSA) is 92.0 Å². The number of anilines is 3. The Morgan fingerprint density at radius 1 is 1.24 bits per heavy atom. The van der Waals surface area contributed by atoms with Gasteiger partial charge in [-0.05, 0) is 36.8 Å². The van der Waals surface area contributed by atoms with Crippen LogP contribution in [0.5, 0.6) is 0 Å². The molecule has 0 bridgehead atoms. The molecule has 0 atom stereocenters. The van der Waals surface area contributed by atoms with Gasteiger partial charge in [-0.2, -0.15) is 15.0 Å². The van der Waals surface area contributed by atoms with E-state index in [1.807, 2.05) is 0 Å². The average Bonchev–Trinajstić information content (AvgIpc) is 3.16. The summed E-state index contributed by atoms with van der Waals surface area (Å²) in [6, 6.07) is 2.11. The van der Waals surface area contributed by atoms with Crippen LogP contribution in [-0.2, 0) is 6.54 Å². The normalized spacial score (nSPS) is 14.5. The number of rotatable bonds is 5. The van der Waals surface area contributed by atoms with Crippen molar-refractivity contribution in [1.29, 1.82) is 0 Å². The van der Waals surface area contributed by atoms with E-state index in [4.69, 9.17) is 5.84 Å². The number of hydrogen-bond acceptors (Lipinski definition) is 8. The van der Waals surface area contributed by atoms with Gasteiger partial charge in [-0.1, -0.05) is 0 Å². The van der Waals surface area contributed by atoms with Crippen LogP contribution in [0.4, 0.5) is 17.8 Å². The fourth-order valence-corrected chi connectivity index (χ4v) is 3.16. The Kier molecular flexibility index (Phi) is 4.16. The fraction of sp³-hybridized carbons (Fsp3) is 0.462. The van der Waals surface area contributed by atoms with Crippen LogP contribution in [-0.4, -0.2) is 28.0 Å². The molecule has 4 N–H and O–H groups in total. The van der Waals surface area contributed by atoms with Crippen LogP contribution in [0, 0.1) is 6.92 Å². The van der Waals surface area contributed by atoms with Crippen LogP contribution in [0.1, 0.15) is 23.3 Å². The summed E-state index contributed by atoms with van der Waals surface area (Å²) >= 11 is 1.72. The third kappa shape index (κ3) is 3.22. The highest BCUT2D eigenvalue weighted by Gasteiger charge is 2.17. The molecular weight excluding hydrogens is 286 g/mol. The summed E-state index contributed by atoms with van der Waals surface area (Å²) in [5.41, 5.74) is 3.79. The summed E-state index contributed by atoms with van der Waals surface area (Å²) in [5.74, 6) is 7.07. The molecule has 1 saturated heterocycles. The maximum absolute atomic E-state index is 5.45. The van der Waals surface area contributed by atoms with Crippen molar-refractivity contribution < 1.29 is 0 Å². The van der Waals surface area contributed by atoms with E-state index in [-0.39, 0.29) is 0 Å². The molecule has 0 aromatic carbocycles. The van der Waals surface area contributed by atoms with E-state index in [0.717, 1.165) is 13.1 Å². The summed E-state index contributed by atoms with van der Waals surface area (Å²) in [4.78, 5) is 16.5. The van der Waals surface area contributed by atoms with Gasteiger partial charge in [0.15, 0.2) is 0 Å². The first-order valence-corrected chi connectivity index (χ1v) is 7.88. The highest BCUT2D eigenvalue weighted by molar-refractivity contribution is 7.10. The molecule has 3 heterocycles.